The Morgan fingerprint density at radius 3 is 2.23 bits per heavy atom. The molecule has 140 valence electrons. The standard InChI is InChI=1S/C18H21ClN2O4S/c1-18(2,3)20-17(22)12-5-8-14(9-6-12)26(23,24)21-15-11-13(19)7-10-16(15)25-4/h5-11,21H,1-4H3,(H,20,22). The summed E-state index contributed by atoms with van der Waals surface area (Å²) in [6.07, 6.45) is 0. The van der Waals surface area contributed by atoms with Crippen LogP contribution in [0.3, 0.4) is 0 Å². The van der Waals surface area contributed by atoms with Crippen LogP contribution in [0.15, 0.2) is 47.4 Å². The summed E-state index contributed by atoms with van der Waals surface area (Å²) in [6.45, 7) is 5.60. The Hall–Kier alpha value is -2.25. The molecule has 0 bridgehead atoms. The maximum atomic E-state index is 12.6. The van der Waals surface area contributed by atoms with Gasteiger partial charge in [0.2, 0.25) is 0 Å². The minimum Gasteiger partial charge on any atom is -0.495 e. The van der Waals surface area contributed by atoms with Crippen molar-refractivity contribution in [2.45, 2.75) is 31.2 Å². The third-order valence-electron chi connectivity index (χ3n) is 3.32. The number of methoxy groups -OCH3 is 1. The van der Waals surface area contributed by atoms with Crippen molar-refractivity contribution in [3.8, 4) is 5.75 Å². The molecule has 2 aromatic rings. The Morgan fingerprint density at radius 1 is 1.08 bits per heavy atom. The van der Waals surface area contributed by atoms with Crippen LogP contribution in [0, 0.1) is 0 Å². The molecule has 2 rings (SSSR count). The van der Waals surface area contributed by atoms with E-state index in [0.717, 1.165) is 0 Å². The molecule has 0 unspecified atom stereocenters. The van der Waals surface area contributed by atoms with Crippen LogP contribution in [0.1, 0.15) is 31.1 Å². The molecule has 0 aliphatic heterocycles. The highest BCUT2D eigenvalue weighted by Gasteiger charge is 2.19. The van der Waals surface area contributed by atoms with E-state index in [2.05, 4.69) is 10.0 Å². The van der Waals surface area contributed by atoms with Crippen molar-refractivity contribution in [3.63, 3.8) is 0 Å². The van der Waals surface area contributed by atoms with Gasteiger partial charge < -0.3 is 10.1 Å². The van der Waals surface area contributed by atoms with Crippen LogP contribution < -0.4 is 14.8 Å². The van der Waals surface area contributed by atoms with E-state index in [1.807, 2.05) is 20.8 Å². The van der Waals surface area contributed by atoms with Crippen molar-refractivity contribution < 1.29 is 17.9 Å². The lowest BCUT2D eigenvalue weighted by Gasteiger charge is -2.20. The maximum absolute atomic E-state index is 12.6. The Morgan fingerprint density at radius 2 is 1.69 bits per heavy atom. The van der Waals surface area contributed by atoms with Crippen LogP contribution >= 0.6 is 11.6 Å². The lowest BCUT2D eigenvalue weighted by atomic mass is 10.1. The van der Waals surface area contributed by atoms with Crippen LogP contribution in [0.4, 0.5) is 5.69 Å². The second kappa shape index (κ2) is 7.55. The van der Waals surface area contributed by atoms with Gasteiger partial charge in [-0.05, 0) is 63.2 Å². The van der Waals surface area contributed by atoms with Gasteiger partial charge in [-0.25, -0.2) is 8.42 Å². The molecule has 0 saturated carbocycles. The molecule has 0 saturated heterocycles. The first kappa shape index (κ1) is 20.1. The Balaban J connectivity index is 2.25. The summed E-state index contributed by atoms with van der Waals surface area (Å²) in [6, 6.07) is 10.3. The van der Waals surface area contributed by atoms with Crippen molar-refractivity contribution in [2.24, 2.45) is 0 Å². The van der Waals surface area contributed by atoms with Gasteiger partial charge in [0.05, 0.1) is 17.7 Å². The fourth-order valence-electron chi connectivity index (χ4n) is 2.16. The van der Waals surface area contributed by atoms with E-state index in [1.54, 1.807) is 12.1 Å². The minimum absolute atomic E-state index is 0.0202. The highest BCUT2D eigenvalue weighted by molar-refractivity contribution is 7.92. The van der Waals surface area contributed by atoms with E-state index in [0.29, 0.717) is 16.3 Å². The number of sulfonamides is 1. The minimum atomic E-state index is -3.86. The number of ether oxygens (including phenoxy) is 1. The number of nitrogens with one attached hydrogen (secondary N) is 2. The molecule has 0 atom stereocenters. The number of rotatable bonds is 5. The quantitative estimate of drug-likeness (QED) is 0.807. The molecular formula is C18H21ClN2O4S. The largest absolute Gasteiger partial charge is 0.495 e. The number of hydrogen-bond acceptors (Lipinski definition) is 4. The summed E-state index contributed by atoms with van der Waals surface area (Å²) in [5.41, 5.74) is 0.223. The van der Waals surface area contributed by atoms with E-state index in [9.17, 15) is 13.2 Å². The summed E-state index contributed by atoms with van der Waals surface area (Å²) >= 11 is 5.92. The molecule has 0 aromatic heterocycles. The number of hydrogen-bond donors (Lipinski definition) is 2. The molecule has 2 aromatic carbocycles. The zero-order valence-electron chi connectivity index (χ0n) is 15.0. The zero-order valence-corrected chi connectivity index (χ0v) is 16.5. The first-order chi connectivity index (χ1) is 12.0. The van der Waals surface area contributed by atoms with Crippen LogP contribution in [-0.4, -0.2) is 27.0 Å². The van der Waals surface area contributed by atoms with Gasteiger partial charge in [-0.3, -0.25) is 9.52 Å². The van der Waals surface area contributed by atoms with Gasteiger partial charge in [-0.15, -0.1) is 0 Å². The van der Waals surface area contributed by atoms with Crippen molar-refractivity contribution >= 4 is 33.2 Å². The zero-order chi connectivity index (χ0) is 19.5. The molecule has 26 heavy (non-hydrogen) atoms. The molecule has 0 heterocycles. The number of carbonyl (C=O) groups excluding carboxylic acids is 1. The first-order valence-corrected chi connectivity index (χ1v) is 9.67. The molecule has 0 fully saturated rings. The highest BCUT2D eigenvalue weighted by atomic mass is 35.5. The van der Waals surface area contributed by atoms with Gasteiger partial charge >= 0.3 is 0 Å². The first-order valence-electron chi connectivity index (χ1n) is 7.81. The molecule has 8 heteroatoms. The van der Waals surface area contributed by atoms with E-state index >= 15 is 0 Å². The molecule has 6 nitrogen and oxygen atoms in total. The molecule has 0 aliphatic rings. The number of amides is 1. The molecule has 0 radical (unpaired) electrons. The van der Waals surface area contributed by atoms with Gasteiger partial charge in [-0.1, -0.05) is 11.6 Å². The highest BCUT2D eigenvalue weighted by Crippen LogP contribution is 2.29. The van der Waals surface area contributed by atoms with E-state index in [4.69, 9.17) is 16.3 Å². The van der Waals surface area contributed by atoms with Crippen LogP contribution in [0.5, 0.6) is 5.75 Å². The smallest absolute Gasteiger partial charge is 0.262 e. The van der Waals surface area contributed by atoms with Crippen molar-refractivity contribution in [1.82, 2.24) is 5.32 Å². The average molecular weight is 397 g/mol. The topological polar surface area (TPSA) is 84.5 Å². The van der Waals surface area contributed by atoms with Gasteiger partial charge in [0.15, 0.2) is 0 Å². The molecule has 2 N–H and O–H groups in total. The van der Waals surface area contributed by atoms with Gasteiger partial charge in [0, 0.05) is 16.1 Å². The fourth-order valence-corrected chi connectivity index (χ4v) is 3.40. The maximum Gasteiger partial charge on any atom is 0.262 e. The lowest BCUT2D eigenvalue weighted by molar-refractivity contribution is 0.0919. The lowest BCUT2D eigenvalue weighted by Crippen LogP contribution is -2.40. The van der Waals surface area contributed by atoms with Crippen molar-refractivity contribution in [1.29, 1.82) is 0 Å². The predicted octanol–water partition coefficient (Wildman–Crippen LogP) is 3.68. The SMILES string of the molecule is COc1ccc(Cl)cc1NS(=O)(=O)c1ccc(C(=O)NC(C)(C)C)cc1. The van der Waals surface area contributed by atoms with Crippen molar-refractivity contribution in [3.05, 3.63) is 53.1 Å². The van der Waals surface area contributed by atoms with Crippen molar-refractivity contribution in [2.75, 3.05) is 11.8 Å². The number of carbonyl (C=O) groups is 1. The third-order valence-corrected chi connectivity index (χ3v) is 4.94. The number of benzene rings is 2. The normalized spacial score (nSPS) is 11.7. The third kappa shape index (κ3) is 5.12. The summed E-state index contributed by atoms with van der Waals surface area (Å²) < 4.78 is 32.7. The number of halogens is 1. The van der Waals surface area contributed by atoms with Gasteiger partial charge in [-0.2, -0.15) is 0 Å². The fraction of sp³-hybridized carbons (Fsp3) is 0.278. The van der Waals surface area contributed by atoms with E-state index in [1.165, 1.54) is 37.4 Å². The molecule has 0 aliphatic carbocycles. The Labute approximate surface area is 158 Å². The van der Waals surface area contributed by atoms with Crippen LogP contribution in [0.25, 0.3) is 0 Å². The monoisotopic (exact) mass is 396 g/mol. The van der Waals surface area contributed by atoms with E-state index < -0.39 is 10.0 Å². The van der Waals surface area contributed by atoms with Crippen LogP contribution in [-0.2, 0) is 10.0 Å². The van der Waals surface area contributed by atoms with Gasteiger partial charge in [0.1, 0.15) is 5.75 Å². The molecule has 0 spiro atoms. The summed E-state index contributed by atoms with van der Waals surface area (Å²) in [5.74, 6) is 0.0741. The second-order valence-corrected chi connectivity index (χ2v) is 8.80. The summed E-state index contributed by atoms with van der Waals surface area (Å²) in [7, 11) is -2.43. The second-order valence-electron chi connectivity index (χ2n) is 6.68. The number of anilines is 1. The van der Waals surface area contributed by atoms with E-state index in [-0.39, 0.29) is 22.0 Å². The van der Waals surface area contributed by atoms with Gasteiger partial charge in [0.25, 0.3) is 15.9 Å². The summed E-state index contributed by atoms with van der Waals surface area (Å²) in [4.78, 5) is 12.1. The molecule has 1 amide bonds. The predicted molar refractivity (Wildman–Crippen MR) is 102 cm³/mol. The Bertz CT molecular complexity index is 904. The molecular weight excluding hydrogens is 376 g/mol. The average Bonchev–Trinajstić information content (AvgIpc) is 2.53. The van der Waals surface area contributed by atoms with Crippen LogP contribution in [0.2, 0.25) is 5.02 Å². The Kier molecular flexibility index (Phi) is 5.83. The summed E-state index contributed by atoms with van der Waals surface area (Å²) in [5, 5.41) is 3.19.